The zero-order valence-corrected chi connectivity index (χ0v) is 12.5. The van der Waals surface area contributed by atoms with E-state index in [1.54, 1.807) is 0 Å². The van der Waals surface area contributed by atoms with E-state index in [1.165, 1.54) is 5.69 Å². The molecular weight excluding hydrogens is 250 g/mol. The normalized spacial score (nSPS) is 17.1. The molecule has 1 aliphatic heterocycles. The van der Waals surface area contributed by atoms with Crippen molar-refractivity contribution in [1.82, 2.24) is 10.2 Å². The Morgan fingerprint density at radius 2 is 1.85 bits per heavy atom. The van der Waals surface area contributed by atoms with Crippen LogP contribution in [0.4, 0.5) is 5.69 Å². The summed E-state index contributed by atoms with van der Waals surface area (Å²) >= 11 is 0. The van der Waals surface area contributed by atoms with Crippen molar-refractivity contribution in [3.8, 4) is 0 Å². The van der Waals surface area contributed by atoms with E-state index in [-0.39, 0.29) is 11.9 Å². The number of nitrogens with one attached hydrogen (secondary N) is 1. The molecule has 0 radical (unpaired) electrons. The molecule has 1 N–H and O–H groups in total. The fourth-order valence-corrected chi connectivity index (χ4v) is 2.55. The molecule has 0 aliphatic carbocycles. The number of piperazine rings is 1. The van der Waals surface area contributed by atoms with Crippen molar-refractivity contribution in [2.24, 2.45) is 0 Å². The highest BCUT2D eigenvalue weighted by Gasteiger charge is 2.24. The second-order valence-electron chi connectivity index (χ2n) is 5.32. The number of benzene rings is 1. The summed E-state index contributed by atoms with van der Waals surface area (Å²) in [5, 5.41) is 3.27. The van der Waals surface area contributed by atoms with Crippen LogP contribution in [0.5, 0.6) is 0 Å². The van der Waals surface area contributed by atoms with E-state index in [2.05, 4.69) is 41.4 Å². The molecule has 1 fully saturated rings. The van der Waals surface area contributed by atoms with Gasteiger partial charge < -0.3 is 15.1 Å². The molecule has 1 aromatic rings. The first-order valence-electron chi connectivity index (χ1n) is 7.54. The number of para-hydroxylation sites is 1. The third-order valence-electron chi connectivity index (χ3n) is 3.78. The lowest BCUT2D eigenvalue weighted by Crippen LogP contribution is -2.53. The van der Waals surface area contributed by atoms with Gasteiger partial charge in [-0.25, -0.2) is 0 Å². The summed E-state index contributed by atoms with van der Waals surface area (Å²) in [7, 11) is 0. The van der Waals surface area contributed by atoms with Gasteiger partial charge in [0.1, 0.15) is 0 Å². The van der Waals surface area contributed by atoms with Crippen LogP contribution >= 0.6 is 0 Å². The zero-order valence-electron chi connectivity index (χ0n) is 12.5. The van der Waals surface area contributed by atoms with Crippen molar-refractivity contribution in [2.45, 2.75) is 26.3 Å². The predicted octanol–water partition coefficient (Wildman–Crippen LogP) is 1.72. The molecule has 0 bridgehead atoms. The Balaban J connectivity index is 1.83. The van der Waals surface area contributed by atoms with Gasteiger partial charge in [-0.1, -0.05) is 25.1 Å². The monoisotopic (exact) mass is 275 g/mol. The summed E-state index contributed by atoms with van der Waals surface area (Å²) < 4.78 is 0. The molecule has 1 saturated heterocycles. The number of hydrogen-bond acceptors (Lipinski definition) is 3. The van der Waals surface area contributed by atoms with Crippen LogP contribution in [0.3, 0.4) is 0 Å². The van der Waals surface area contributed by atoms with Crippen molar-refractivity contribution in [2.75, 3.05) is 37.6 Å². The van der Waals surface area contributed by atoms with Crippen LogP contribution in [0, 0.1) is 0 Å². The van der Waals surface area contributed by atoms with Gasteiger partial charge in [-0.05, 0) is 32.0 Å². The van der Waals surface area contributed by atoms with Gasteiger partial charge in [0.25, 0.3) is 0 Å². The Labute approximate surface area is 121 Å². The molecule has 1 amide bonds. The average molecular weight is 275 g/mol. The van der Waals surface area contributed by atoms with Gasteiger partial charge in [0.05, 0.1) is 6.04 Å². The summed E-state index contributed by atoms with van der Waals surface area (Å²) in [5.41, 5.74) is 1.25. The molecule has 1 aliphatic rings. The molecule has 1 unspecified atom stereocenters. The number of hydrogen-bond donors (Lipinski definition) is 1. The number of carbonyl (C=O) groups is 1. The van der Waals surface area contributed by atoms with Crippen LogP contribution in [-0.4, -0.2) is 49.6 Å². The molecule has 1 heterocycles. The predicted molar refractivity (Wildman–Crippen MR) is 83.0 cm³/mol. The van der Waals surface area contributed by atoms with Gasteiger partial charge in [-0.2, -0.15) is 0 Å². The van der Waals surface area contributed by atoms with Crippen molar-refractivity contribution >= 4 is 11.6 Å². The van der Waals surface area contributed by atoms with Crippen LogP contribution in [0.2, 0.25) is 0 Å². The Hall–Kier alpha value is -1.55. The highest BCUT2D eigenvalue weighted by Crippen LogP contribution is 2.15. The third kappa shape index (κ3) is 3.73. The summed E-state index contributed by atoms with van der Waals surface area (Å²) in [6.45, 7) is 8.42. The highest BCUT2D eigenvalue weighted by atomic mass is 16.2. The number of rotatable bonds is 5. The maximum Gasteiger partial charge on any atom is 0.239 e. The lowest BCUT2D eigenvalue weighted by molar-refractivity contribution is -0.133. The molecule has 1 atom stereocenters. The molecule has 4 heteroatoms. The first-order chi connectivity index (χ1) is 9.72. The van der Waals surface area contributed by atoms with E-state index in [0.717, 1.165) is 39.1 Å². The zero-order chi connectivity index (χ0) is 14.4. The van der Waals surface area contributed by atoms with Gasteiger partial charge in [-0.3, -0.25) is 4.79 Å². The number of nitrogens with zero attached hydrogens (tertiary/aromatic N) is 2. The van der Waals surface area contributed by atoms with Crippen LogP contribution in [0.25, 0.3) is 0 Å². The average Bonchev–Trinajstić information content (AvgIpc) is 2.53. The fraction of sp³-hybridized carbons (Fsp3) is 0.562. The number of amides is 1. The van der Waals surface area contributed by atoms with Gasteiger partial charge in [0.15, 0.2) is 0 Å². The molecule has 0 spiro atoms. The lowest BCUT2D eigenvalue weighted by atomic mass is 10.2. The van der Waals surface area contributed by atoms with E-state index in [9.17, 15) is 4.79 Å². The second-order valence-corrected chi connectivity index (χ2v) is 5.32. The summed E-state index contributed by atoms with van der Waals surface area (Å²) in [6, 6.07) is 10.3. The largest absolute Gasteiger partial charge is 0.368 e. The second kappa shape index (κ2) is 7.29. The van der Waals surface area contributed by atoms with Crippen molar-refractivity contribution in [3.63, 3.8) is 0 Å². The molecule has 110 valence electrons. The standard InChI is InChI=1S/C16H25N3O/c1-3-9-17-14(2)16(20)19-12-10-18(11-13-19)15-7-5-4-6-8-15/h4-8,14,17H,3,9-13H2,1-2H3. The number of carbonyl (C=O) groups excluding carboxylic acids is 1. The smallest absolute Gasteiger partial charge is 0.239 e. The van der Waals surface area contributed by atoms with Crippen LogP contribution < -0.4 is 10.2 Å². The Morgan fingerprint density at radius 3 is 2.45 bits per heavy atom. The van der Waals surface area contributed by atoms with E-state index in [4.69, 9.17) is 0 Å². The SMILES string of the molecule is CCCNC(C)C(=O)N1CCN(c2ccccc2)CC1. The molecule has 20 heavy (non-hydrogen) atoms. The maximum atomic E-state index is 12.3. The minimum absolute atomic E-state index is 0.0711. The lowest BCUT2D eigenvalue weighted by Gasteiger charge is -2.37. The maximum absolute atomic E-state index is 12.3. The molecule has 2 rings (SSSR count). The van der Waals surface area contributed by atoms with Gasteiger partial charge >= 0.3 is 0 Å². The first kappa shape index (κ1) is 14.9. The van der Waals surface area contributed by atoms with Crippen molar-refractivity contribution in [1.29, 1.82) is 0 Å². The van der Waals surface area contributed by atoms with Crippen LogP contribution in [-0.2, 0) is 4.79 Å². The third-order valence-corrected chi connectivity index (χ3v) is 3.78. The highest BCUT2D eigenvalue weighted by molar-refractivity contribution is 5.81. The molecule has 4 nitrogen and oxygen atoms in total. The van der Waals surface area contributed by atoms with Crippen LogP contribution in [0.15, 0.2) is 30.3 Å². The molecule has 0 aromatic heterocycles. The summed E-state index contributed by atoms with van der Waals surface area (Å²) in [4.78, 5) is 16.6. The quantitative estimate of drug-likeness (QED) is 0.889. The minimum Gasteiger partial charge on any atom is -0.368 e. The Morgan fingerprint density at radius 1 is 1.20 bits per heavy atom. The molecule has 0 saturated carbocycles. The molecule has 1 aromatic carbocycles. The van der Waals surface area contributed by atoms with Crippen molar-refractivity contribution in [3.05, 3.63) is 30.3 Å². The van der Waals surface area contributed by atoms with E-state index < -0.39 is 0 Å². The van der Waals surface area contributed by atoms with E-state index in [0.29, 0.717) is 0 Å². The van der Waals surface area contributed by atoms with Gasteiger partial charge in [0, 0.05) is 31.9 Å². The first-order valence-corrected chi connectivity index (χ1v) is 7.54. The Bertz CT molecular complexity index is 413. The van der Waals surface area contributed by atoms with Gasteiger partial charge in [0.2, 0.25) is 5.91 Å². The van der Waals surface area contributed by atoms with Crippen molar-refractivity contribution < 1.29 is 4.79 Å². The summed E-state index contributed by atoms with van der Waals surface area (Å²) in [5.74, 6) is 0.228. The topological polar surface area (TPSA) is 35.6 Å². The van der Waals surface area contributed by atoms with E-state index in [1.807, 2.05) is 17.9 Å². The fourth-order valence-electron chi connectivity index (χ4n) is 2.55. The van der Waals surface area contributed by atoms with Crippen LogP contribution in [0.1, 0.15) is 20.3 Å². The summed E-state index contributed by atoms with van der Waals surface area (Å²) in [6.07, 6.45) is 1.05. The minimum atomic E-state index is -0.0711. The van der Waals surface area contributed by atoms with E-state index >= 15 is 0 Å². The Kier molecular flexibility index (Phi) is 5.41. The number of anilines is 1. The van der Waals surface area contributed by atoms with Gasteiger partial charge in [-0.15, -0.1) is 0 Å². The molecular formula is C16H25N3O.